The zero-order chi connectivity index (χ0) is 13.5. The smallest absolute Gasteiger partial charge is 0.146 e. The summed E-state index contributed by atoms with van der Waals surface area (Å²) in [4.78, 5) is 4.46. The summed E-state index contributed by atoms with van der Waals surface area (Å²) in [5.74, 6) is -0.322. The lowest BCUT2D eigenvalue weighted by Gasteiger charge is -2.22. The number of nitrogens with two attached hydrogens (primary N) is 1. The Balaban J connectivity index is 2.54. The number of hydrogen-bond donors (Lipinski definition) is 1. The Hall–Kier alpha value is -1.13. The summed E-state index contributed by atoms with van der Waals surface area (Å²) in [5, 5.41) is 0. The number of para-hydroxylation sites is 1. The molecule has 0 aromatic heterocycles. The average molecular weight is 253 g/mol. The maximum atomic E-state index is 13.3. The molecule has 2 N–H and O–H groups in total. The second-order valence-corrected chi connectivity index (χ2v) is 4.84. The van der Waals surface area contributed by atoms with E-state index in [1.165, 1.54) is 6.07 Å². The van der Waals surface area contributed by atoms with Crippen molar-refractivity contribution in [2.24, 2.45) is 0 Å². The molecule has 18 heavy (non-hydrogen) atoms. The topological polar surface area (TPSA) is 32.5 Å². The number of anilines is 1. The van der Waals surface area contributed by atoms with Gasteiger partial charge in [-0.05, 0) is 51.8 Å². The molecule has 0 atom stereocenters. The molecule has 0 heterocycles. The highest BCUT2D eigenvalue weighted by atomic mass is 19.1. The molecule has 0 aliphatic carbocycles. The molecule has 1 rings (SSSR count). The average Bonchev–Trinajstić information content (AvgIpc) is 2.33. The molecule has 1 aromatic rings. The number of nitrogens with zero attached hydrogens (tertiary/aromatic N) is 2. The molecule has 0 radical (unpaired) electrons. The van der Waals surface area contributed by atoms with Crippen LogP contribution in [0.3, 0.4) is 0 Å². The summed E-state index contributed by atoms with van der Waals surface area (Å²) >= 11 is 0. The van der Waals surface area contributed by atoms with Gasteiger partial charge < -0.3 is 10.6 Å². The van der Waals surface area contributed by atoms with Crippen molar-refractivity contribution in [3.8, 4) is 0 Å². The standard InChI is InChI=1S/C14H24FN3/c1-4-18(10-6-9-17(2)3)11-12-7-5-8-13(15)14(12)16/h5,7-8H,4,6,9-11,16H2,1-3H3. The van der Waals surface area contributed by atoms with Crippen LogP contribution in [0.5, 0.6) is 0 Å². The van der Waals surface area contributed by atoms with Crippen LogP contribution in [-0.2, 0) is 6.54 Å². The summed E-state index contributed by atoms with van der Waals surface area (Å²) < 4.78 is 13.3. The molecule has 0 aliphatic heterocycles. The van der Waals surface area contributed by atoms with Gasteiger partial charge in [-0.15, -0.1) is 0 Å². The first-order valence-electron chi connectivity index (χ1n) is 6.44. The van der Waals surface area contributed by atoms with Crippen LogP contribution in [0, 0.1) is 5.82 Å². The lowest BCUT2D eigenvalue weighted by atomic mass is 10.1. The van der Waals surface area contributed by atoms with Crippen LogP contribution in [0.15, 0.2) is 18.2 Å². The highest BCUT2D eigenvalue weighted by Gasteiger charge is 2.08. The van der Waals surface area contributed by atoms with Gasteiger partial charge in [0.2, 0.25) is 0 Å². The van der Waals surface area contributed by atoms with Crippen molar-refractivity contribution in [1.29, 1.82) is 0 Å². The van der Waals surface area contributed by atoms with Crippen molar-refractivity contribution >= 4 is 5.69 Å². The SMILES string of the molecule is CCN(CCCN(C)C)Cc1cccc(F)c1N. The van der Waals surface area contributed by atoms with E-state index in [1.807, 2.05) is 6.07 Å². The summed E-state index contributed by atoms with van der Waals surface area (Å²) in [6, 6.07) is 5.02. The summed E-state index contributed by atoms with van der Waals surface area (Å²) in [5.41, 5.74) is 6.91. The molecular formula is C14H24FN3. The molecule has 0 amide bonds. The van der Waals surface area contributed by atoms with E-state index in [0.29, 0.717) is 6.54 Å². The van der Waals surface area contributed by atoms with E-state index in [0.717, 1.165) is 31.6 Å². The fourth-order valence-electron chi connectivity index (χ4n) is 1.92. The summed E-state index contributed by atoms with van der Waals surface area (Å²) in [6.45, 7) is 5.85. The van der Waals surface area contributed by atoms with Gasteiger partial charge in [0.25, 0.3) is 0 Å². The maximum absolute atomic E-state index is 13.3. The number of halogens is 1. The Bertz CT molecular complexity index is 366. The summed E-state index contributed by atoms with van der Waals surface area (Å²) in [6.07, 6.45) is 1.11. The highest BCUT2D eigenvalue weighted by Crippen LogP contribution is 2.17. The Labute approximate surface area is 109 Å². The van der Waals surface area contributed by atoms with Crippen LogP contribution >= 0.6 is 0 Å². The molecule has 4 heteroatoms. The van der Waals surface area contributed by atoms with Crippen molar-refractivity contribution < 1.29 is 4.39 Å². The van der Waals surface area contributed by atoms with Crippen LogP contribution in [0.4, 0.5) is 10.1 Å². The first-order chi connectivity index (χ1) is 8.54. The Morgan fingerprint density at radius 2 is 1.94 bits per heavy atom. The molecule has 0 saturated carbocycles. The van der Waals surface area contributed by atoms with E-state index in [4.69, 9.17) is 5.73 Å². The van der Waals surface area contributed by atoms with Crippen molar-refractivity contribution in [2.45, 2.75) is 19.9 Å². The van der Waals surface area contributed by atoms with Crippen molar-refractivity contribution in [3.63, 3.8) is 0 Å². The van der Waals surface area contributed by atoms with Gasteiger partial charge in [0, 0.05) is 6.54 Å². The Morgan fingerprint density at radius 3 is 2.56 bits per heavy atom. The molecule has 1 aromatic carbocycles. The summed E-state index contributed by atoms with van der Waals surface area (Å²) in [7, 11) is 4.14. The third-order valence-corrected chi connectivity index (χ3v) is 3.06. The predicted octanol–water partition coefficient (Wildman–Crippen LogP) is 2.18. The number of nitrogen functional groups attached to an aromatic ring is 1. The maximum Gasteiger partial charge on any atom is 0.146 e. The van der Waals surface area contributed by atoms with E-state index < -0.39 is 0 Å². The van der Waals surface area contributed by atoms with Gasteiger partial charge in [-0.25, -0.2) is 4.39 Å². The van der Waals surface area contributed by atoms with Crippen molar-refractivity contribution in [3.05, 3.63) is 29.6 Å². The predicted molar refractivity (Wildman–Crippen MR) is 74.9 cm³/mol. The normalized spacial score (nSPS) is 11.4. The first-order valence-corrected chi connectivity index (χ1v) is 6.44. The third-order valence-electron chi connectivity index (χ3n) is 3.06. The van der Waals surface area contributed by atoms with Crippen molar-refractivity contribution in [2.75, 3.05) is 39.5 Å². The molecule has 102 valence electrons. The van der Waals surface area contributed by atoms with E-state index in [9.17, 15) is 4.39 Å². The zero-order valence-corrected chi connectivity index (χ0v) is 11.6. The van der Waals surface area contributed by atoms with Gasteiger partial charge in [-0.3, -0.25) is 4.90 Å². The van der Waals surface area contributed by atoms with Crippen LogP contribution in [-0.4, -0.2) is 43.5 Å². The van der Waals surface area contributed by atoms with Gasteiger partial charge in [0.1, 0.15) is 5.82 Å². The van der Waals surface area contributed by atoms with Crippen LogP contribution in [0.25, 0.3) is 0 Å². The Morgan fingerprint density at radius 1 is 1.22 bits per heavy atom. The minimum Gasteiger partial charge on any atom is -0.396 e. The van der Waals surface area contributed by atoms with E-state index in [-0.39, 0.29) is 11.5 Å². The van der Waals surface area contributed by atoms with Crippen LogP contribution in [0.2, 0.25) is 0 Å². The Kier molecular flexibility index (Phi) is 6.09. The monoisotopic (exact) mass is 253 g/mol. The highest BCUT2D eigenvalue weighted by molar-refractivity contribution is 5.47. The molecule has 0 aliphatic rings. The first kappa shape index (κ1) is 14.9. The lowest BCUT2D eigenvalue weighted by molar-refractivity contribution is 0.259. The van der Waals surface area contributed by atoms with Gasteiger partial charge in [0.05, 0.1) is 5.69 Å². The molecule has 0 saturated heterocycles. The van der Waals surface area contributed by atoms with Gasteiger partial charge in [0.15, 0.2) is 0 Å². The molecule has 3 nitrogen and oxygen atoms in total. The fraction of sp³-hybridized carbons (Fsp3) is 0.571. The van der Waals surface area contributed by atoms with Crippen molar-refractivity contribution in [1.82, 2.24) is 9.80 Å². The molecule has 0 bridgehead atoms. The van der Waals surface area contributed by atoms with Gasteiger partial charge >= 0.3 is 0 Å². The number of rotatable bonds is 7. The minimum absolute atomic E-state index is 0.281. The largest absolute Gasteiger partial charge is 0.396 e. The van der Waals surface area contributed by atoms with Crippen LogP contribution in [0.1, 0.15) is 18.9 Å². The molecular weight excluding hydrogens is 229 g/mol. The number of benzene rings is 1. The third kappa shape index (κ3) is 4.63. The molecule has 0 spiro atoms. The lowest BCUT2D eigenvalue weighted by Crippen LogP contribution is -2.27. The van der Waals surface area contributed by atoms with E-state index in [2.05, 4.69) is 30.8 Å². The second-order valence-electron chi connectivity index (χ2n) is 4.84. The van der Waals surface area contributed by atoms with Crippen LogP contribution < -0.4 is 5.73 Å². The quantitative estimate of drug-likeness (QED) is 0.756. The fourth-order valence-corrected chi connectivity index (χ4v) is 1.92. The van der Waals surface area contributed by atoms with Gasteiger partial charge in [-0.2, -0.15) is 0 Å². The second kappa shape index (κ2) is 7.34. The number of hydrogen-bond acceptors (Lipinski definition) is 3. The van der Waals surface area contributed by atoms with E-state index in [1.54, 1.807) is 6.07 Å². The molecule has 0 fully saturated rings. The van der Waals surface area contributed by atoms with E-state index >= 15 is 0 Å². The van der Waals surface area contributed by atoms with Gasteiger partial charge in [-0.1, -0.05) is 19.1 Å². The molecule has 0 unspecified atom stereocenters. The minimum atomic E-state index is -0.322. The zero-order valence-electron chi connectivity index (χ0n) is 11.6.